The van der Waals surface area contributed by atoms with Crippen LogP contribution < -0.4 is 0 Å². The lowest BCUT2D eigenvalue weighted by Gasteiger charge is -2.35. The van der Waals surface area contributed by atoms with Gasteiger partial charge in [-0.3, -0.25) is 9.59 Å². The molecule has 1 N–H and O–H groups in total. The van der Waals surface area contributed by atoms with Crippen LogP contribution in [0.25, 0.3) is 0 Å². The van der Waals surface area contributed by atoms with Crippen LogP contribution in [0, 0.1) is 0 Å². The lowest BCUT2D eigenvalue weighted by atomic mass is 9.86. The number of carbonyl (C=O) groups is 3. The van der Waals surface area contributed by atoms with Gasteiger partial charge in [-0.25, -0.2) is 4.79 Å². The van der Waals surface area contributed by atoms with Crippen LogP contribution in [0.3, 0.4) is 0 Å². The maximum Gasteiger partial charge on any atom is 0.352 e. The van der Waals surface area contributed by atoms with Crippen molar-refractivity contribution in [2.75, 3.05) is 0 Å². The minimum absolute atomic E-state index is 0.0797. The van der Waals surface area contributed by atoms with E-state index < -0.39 is 29.6 Å². The second-order valence-electron chi connectivity index (χ2n) is 3.79. The van der Waals surface area contributed by atoms with Crippen molar-refractivity contribution >= 4 is 17.9 Å². The Balaban J connectivity index is 3.06. The number of carboxylic acid groups (broad SMARTS) is 1. The zero-order chi connectivity index (χ0) is 13.1. The zero-order valence-electron chi connectivity index (χ0n) is 9.63. The van der Waals surface area contributed by atoms with Crippen LogP contribution >= 0.6 is 0 Å². The van der Waals surface area contributed by atoms with Crippen LogP contribution in [-0.2, 0) is 23.9 Å². The van der Waals surface area contributed by atoms with E-state index >= 15 is 0 Å². The fourth-order valence-corrected chi connectivity index (χ4v) is 1.77. The van der Waals surface area contributed by atoms with E-state index in [9.17, 15) is 19.5 Å². The first kappa shape index (κ1) is 13.2. The van der Waals surface area contributed by atoms with E-state index in [4.69, 9.17) is 9.47 Å². The molecule has 17 heavy (non-hydrogen) atoms. The summed E-state index contributed by atoms with van der Waals surface area (Å²) in [5, 5.41) is 9.22. The van der Waals surface area contributed by atoms with Crippen molar-refractivity contribution in [3.63, 3.8) is 0 Å². The van der Waals surface area contributed by atoms with Gasteiger partial charge in [-0.2, -0.15) is 0 Å². The smallest absolute Gasteiger partial charge is 0.352 e. The molecule has 0 radical (unpaired) electrons. The van der Waals surface area contributed by atoms with Crippen molar-refractivity contribution in [2.24, 2.45) is 0 Å². The SMILES string of the molecule is CC(=O)OC1C=CCCC1(OC(C)=O)C(=O)O. The predicted molar refractivity (Wildman–Crippen MR) is 56.1 cm³/mol. The summed E-state index contributed by atoms with van der Waals surface area (Å²) in [7, 11) is 0. The van der Waals surface area contributed by atoms with Crippen molar-refractivity contribution in [3.8, 4) is 0 Å². The molecule has 2 atom stereocenters. The first-order valence-corrected chi connectivity index (χ1v) is 5.15. The molecule has 6 heteroatoms. The molecule has 0 bridgehead atoms. The van der Waals surface area contributed by atoms with Crippen molar-refractivity contribution < 1.29 is 29.0 Å². The molecule has 0 spiro atoms. The molecular formula is C11H14O6. The summed E-state index contributed by atoms with van der Waals surface area (Å²) in [6, 6.07) is 0. The van der Waals surface area contributed by atoms with E-state index in [1.54, 1.807) is 6.08 Å². The van der Waals surface area contributed by atoms with Crippen LogP contribution in [0.4, 0.5) is 0 Å². The third kappa shape index (κ3) is 2.83. The van der Waals surface area contributed by atoms with Crippen LogP contribution in [0.5, 0.6) is 0 Å². The van der Waals surface area contributed by atoms with E-state index in [-0.39, 0.29) is 6.42 Å². The van der Waals surface area contributed by atoms with Crippen molar-refractivity contribution in [3.05, 3.63) is 12.2 Å². The van der Waals surface area contributed by atoms with Gasteiger partial charge in [-0.15, -0.1) is 0 Å². The van der Waals surface area contributed by atoms with Gasteiger partial charge in [0.05, 0.1) is 0 Å². The van der Waals surface area contributed by atoms with Crippen LogP contribution in [0.1, 0.15) is 26.7 Å². The molecule has 0 aliphatic heterocycles. The van der Waals surface area contributed by atoms with Gasteiger partial charge in [-0.05, 0) is 12.5 Å². The number of carboxylic acids is 1. The molecule has 0 aromatic heterocycles. The molecule has 0 fully saturated rings. The molecule has 6 nitrogen and oxygen atoms in total. The maximum absolute atomic E-state index is 11.3. The molecule has 1 rings (SSSR count). The van der Waals surface area contributed by atoms with E-state index in [0.717, 1.165) is 6.92 Å². The average molecular weight is 242 g/mol. The fourth-order valence-electron chi connectivity index (χ4n) is 1.77. The third-order valence-electron chi connectivity index (χ3n) is 2.43. The number of carbonyl (C=O) groups excluding carboxylic acids is 2. The lowest BCUT2D eigenvalue weighted by Crippen LogP contribution is -2.54. The average Bonchev–Trinajstić information content (AvgIpc) is 2.19. The highest BCUT2D eigenvalue weighted by atomic mass is 16.6. The Bertz CT molecular complexity index is 372. The van der Waals surface area contributed by atoms with E-state index in [1.807, 2.05) is 0 Å². The number of rotatable bonds is 3. The number of hydrogen-bond donors (Lipinski definition) is 1. The van der Waals surface area contributed by atoms with Crippen LogP contribution in [-0.4, -0.2) is 34.7 Å². The normalized spacial score (nSPS) is 27.3. The molecule has 0 amide bonds. The predicted octanol–water partition coefficient (Wildman–Crippen LogP) is 0.655. The molecule has 0 heterocycles. The Morgan fingerprint density at radius 2 is 1.94 bits per heavy atom. The number of hydrogen-bond acceptors (Lipinski definition) is 5. The van der Waals surface area contributed by atoms with Gasteiger partial charge in [0.15, 0.2) is 6.10 Å². The fraction of sp³-hybridized carbons (Fsp3) is 0.545. The Labute approximate surface area is 98.2 Å². The van der Waals surface area contributed by atoms with Gasteiger partial charge in [0.1, 0.15) is 0 Å². The summed E-state index contributed by atoms with van der Waals surface area (Å²) in [6.45, 7) is 2.29. The summed E-state index contributed by atoms with van der Waals surface area (Å²) >= 11 is 0. The second-order valence-corrected chi connectivity index (χ2v) is 3.79. The summed E-state index contributed by atoms with van der Waals surface area (Å²) in [5.41, 5.74) is -1.81. The number of ether oxygens (including phenoxy) is 2. The Hall–Kier alpha value is -1.85. The summed E-state index contributed by atoms with van der Waals surface area (Å²) in [4.78, 5) is 33.2. The van der Waals surface area contributed by atoms with E-state index in [0.29, 0.717) is 6.42 Å². The Kier molecular flexibility index (Phi) is 3.88. The van der Waals surface area contributed by atoms with Gasteiger partial charge in [0.25, 0.3) is 0 Å². The molecule has 0 saturated carbocycles. The number of esters is 2. The van der Waals surface area contributed by atoms with Gasteiger partial charge in [0, 0.05) is 20.3 Å². The largest absolute Gasteiger partial charge is 0.478 e. The maximum atomic E-state index is 11.3. The Morgan fingerprint density at radius 1 is 1.29 bits per heavy atom. The number of aliphatic carboxylic acids is 1. The second kappa shape index (κ2) is 4.99. The molecular weight excluding hydrogens is 228 g/mol. The van der Waals surface area contributed by atoms with Crippen LogP contribution in [0.15, 0.2) is 12.2 Å². The molecule has 1 aliphatic carbocycles. The van der Waals surface area contributed by atoms with E-state index in [2.05, 4.69) is 0 Å². The quantitative estimate of drug-likeness (QED) is 0.577. The van der Waals surface area contributed by atoms with Crippen molar-refractivity contribution in [1.29, 1.82) is 0 Å². The van der Waals surface area contributed by atoms with Gasteiger partial charge in [-0.1, -0.05) is 6.08 Å². The third-order valence-corrected chi connectivity index (χ3v) is 2.43. The lowest BCUT2D eigenvalue weighted by molar-refractivity contribution is -0.195. The standard InChI is InChI=1S/C11H14O6/c1-7(12)16-9-5-3-4-6-11(9,10(14)15)17-8(2)13/h3,5,9H,4,6H2,1-2H3,(H,14,15). The van der Waals surface area contributed by atoms with Crippen LogP contribution in [0.2, 0.25) is 0 Å². The zero-order valence-corrected chi connectivity index (χ0v) is 9.63. The van der Waals surface area contributed by atoms with E-state index in [1.165, 1.54) is 13.0 Å². The minimum Gasteiger partial charge on any atom is -0.478 e. The summed E-state index contributed by atoms with van der Waals surface area (Å²) in [6.07, 6.45) is 2.56. The number of allylic oxidation sites excluding steroid dienone is 1. The summed E-state index contributed by atoms with van der Waals surface area (Å²) in [5.74, 6) is -2.66. The van der Waals surface area contributed by atoms with Crippen molar-refractivity contribution in [1.82, 2.24) is 0 Å². The van der Waals surface area contributed by atoms with Gasteiger partial charge < -0.3 is 14.6 Å². The summed E-state index contributed by atoms with van der Waals surface area (Å²) < 4.78 is 9.77. The molecule has 94 valence electrons. The Morgan fingerprint density at radius 3 is 2.41 bits per heavy atom. The minimum atomic E-state index is -1.81. The molecule has 0 aromatic rings. The van der Waals surface area contributed by atoms with Gasteiger partial charge >= 0.3 is 17.9 Å². The van der Waals surface area contributed by atoms with Gasteiger partial charge in [0.2, 0.25) is 5.60 Å². The molecule has 0 aromatic carbocycles. The monoisotopic (exact) mass is 242 g/mol. The topological polar surface area (TPSA) is 89.9 Å². The first-order chi connectivity index (χ1) is 7.88. The highest BCUT2D eigenvalue weighted by Gasteiger charge is 2.51. The first-order valence-electron chi connectivity index (χ1n) is 5.15. The highest BCUT2D eigenvalue weighted by molar-refractivity contribution is 5.83. The molecule has 1 aliphatic rings. The highest BCUT2D eigenvalue weighted by Crippen LogP contribution is 2.31. The molecule has 2 unspecified atom stereocenters. The van der Waals surface area contributed by atoms with Crippen molar-refractivity contribution in [2.45, 2.75) is 38.4 Å². The molecule has 0 saturated heterocycles.